The lowest BCUT2D eigenvalue weighted by molar-refractivity contribution is -0.229. The van der Waals surface area contributed by atoms with Crippen molar-refractivity contribution in [1.29, 1.82) is 0 Å². The second kappa shape index (κ2) is 5.70. The number of carbonyl (C=O) groups excluding carboxylic acids is 1. The summed E-state index contributed by atoms with van der Waals surface area (Å²) in [6.45, 7) is 8.09. The number of aliphatic hydroxyl groups is 2. The third kappa shape index (κ3) is 2.38. The van der Waals surface area contributed by atoms with Crippen molar-refractivity contribution in [1.82, 2.24) is 0 Å². The molecule has 0 aromatic carbocycles. The molecule has 3 rings (SSSR count). The average Bonchev–Trinajstić information content (AvgIpc) is 3.02. The molecule has 2 saturated carbocycles. The van der Waals surface area contributed by atoms with Gasteiger partial charge in [0.25, 0.3) is 0 Å². The molecule has 2 fully saturated rings. The van der Waals surface area contributed by atoms with E-state index >= 15 is 0 Å². The first-order valence-electron chi connectivity index (χ1n) is 9.09. The number of rotatable bonds is 3. The monoisotopic (exact) mass is 334 g/mol. The van der Waals surface area contributed by atoms with Gasteiger partial charge in [0.15, 0.2) is 5.78 Å². The van der Waals surface area contributed by atoms with E-state index in [1.165, 1.54) is 0 Å². The summed E-state index contributed by atoms with van der Waals surface area (Å²) in [6, 6.07) is 1.91. The highest BCUT2D eigenvalue weighted by Gasteiger charge is 2.66. The van der Waals surface area contributed by atoms with Crippen LogP contribution in [0.4, 0.5) is 0 Å². The van der Waals surface area contributed by atoms with Gasteiger partial charge < -0.3 is 14.6 Å². The first kappa shape index (κ1) is 17.7. The van der Waals surface area contributed by atoms with Crippen LogP contribution in [-0.4, -0.2) is 27.7 Å². The average molecular weight is 334 g/mol. The van der Waals surface area contributed by atoms with Crippen molar-refractivity contribution in [2.24, 2.45) is 22.7 Å². The standard InChI is InChI=1S/C20H30O4/c1-13-15(21)16(22)17-18(2,3)8-5-9-19(17,4)20(13,23)10-6-14-7-11-24-12-14/h7,11-13,15,17,21,23H,5-6,8-10H2,1-4H3/t13-,15-,17+,19+,20-/m1/s1. The summed E-state index contributed by atoms with van der Waals surface area (Å²) in [5, 5.41) is 22.4. The zero-order chi connectivity index (χ0) is 17.8. The Balaban J connectivity index is 2.00. The Hall–Kier alpha value is -1.13. The maximum absolute atomic E-state index is 12.9. The lowest BCUT2D eigenvalue weighted by Crippen LogP contribution is -2.69. The summed E-state index contributed by atoms with van der Waals surface area (Å²) in [5.74, 6) is -0.853. The van der Waals surface area contributed by atoms with Gasteiger partial charge in [-0.15, -0.1) is 0 Å². The quantitative estimate of drug-likeness (QED) is 0.889. The second-order valence-corrected chi connectivity index (χ2v) is 8.88. The van der Waals surface area contributed by atoms with E-state index in [0.29, 0.717) is 12.8 Å². The van der Waals surface area contributed by atoms with Gasteiger partial charge in [-0.3, -0.25) is 4.79 Å². The van der Waals surface area contributed by atoms with E-state index in [9.17, 15) is 15.0 Å². The van der Waals surface area contributed by atoms with Crippen molar-refractivity contribution < 1.29 is 19.4 Å². The molecule has 4 nitrogen and oxygen atoms in total. The van der Waals surface area contributed by atoms with Crippen molar-refractivity contribution >= 4 is 5.78 Å². The molecule has 1 aromatic heterocycles. The lowest BCUT2D eigenvalue weighted by atomic mass is 9.43. The van der Waals surface area contributed by atoms with Gasteiger partial charge in [0.2, 0.25) is 0 Å². The first-order valence-corrected chi connectivity index (χ1v) is 9.09. The molecule has 2 aliphatic carbocycles. The van der Waals surface area contributed by atoms with Crippen molar-refractivity contribution in [2.45, 2.75) is 71.5 Å². The topological polar surface area (TPSA) is 70.7 Å². The van der Waals surface area contributed by atoms with Crippen LogP contribution in [0, 0.1) is 22.7 Å². The van der Waals surface area contributed by atoms with Crippen molar-refractivity contribution in [3.05, 3.63) is 24.2 Å². The smallest absolute Gasteiger partial charge is 0.165 e. The fraction of sp³-hybridized carbons (Fsp3) is 0.750. The number of furan rings is 1. The highest BCUT2D eigenvalue weighted by molar-refractivity contribution is 5.88. The number of aryl methyl sites for hydroxylation is 1. The Morgan fingerprint density at radius 3 is 2.62 bits per heavy atom. The third-order valence-electron chi connectivity index (χ3n) is 7.10. The molecular formula is C20H30O4. The molecule has 5 atom stereocenters. The first-order chi connectivity index (χ1) is 11.1. The molecule has 0 aliphatic heterocycles. The molecule has 1 heterocycles. The van der Waals surface area contributed by atoms with Crippen molar-refractivity contribution in [3.63, 3.8) is 0 Å². The SMILES string of the molecule is C[C@@H]1[C@@H](O)C(=O)[C@H]2C(C)(C)CCC[C@]2(C)[C@@]1(O)CCc1ccoc1. The van der Waals surface area contributed by atoms with Gasteiger partial charge >= 0.3 is 0 Å². The normalized spacial score (nSPS) is 41.9. The van der Waals surface area contributed by atoms with Crippen LogP contribution in [0.3, 0.4) is 0 Å². The molecule has 0 amide bonds. The Kier molecular flexibility index (Phi) is 4.20. The number of hydrogen-bond donors (Lipinski definition) is 2. The minimum absolute atomic E-state index is 0.0808. The van der Waals surface area contributed by atoms with Gasteiger partial charge in [0.1, 0.15) is 6.10 Å². The highest BCUT2D eigenvalue weighted by atomic mass is 16.3. The maximum atomic E-state index is 12.9. The van der Waals surface area contributed by atoms with Crippen LogP contribution in [0.5, 0.6) is 0 Å². The molecule has 0 radical (unpaired) electrons. The predicted octanol–water partition coefficient (Wildman–Crippen LogP) is 3.36. The van der Waals surface area contributed by atoms with E-state index in [-0.39, 0.29) is 17.1 Å². The molecule has 2 N–H and O–H groups in total. The van der Waals surface area contributed by atoms with Crippen LogP contribution in [-0.2, 0) is 11.2 Å². The molecule has 0 spiro atoms. The number of fused-ring (bicyclic) bond motifs is 1. The van der Waals surface area contributed by atoms with Gasteiger partial charge in [-0.2, -0.15) is 0 Å². The molecule has 4 heteroatoms. The minimum Gasteiger partial charge on any atom is -0.472 e. The van der Waals surface area contributed by atoms with Gasteiger partial charge in [0.05, 0.1) is 18.1 Å². The summed E-state index contributed by atoms with van der Waals surface area (Å²) in [5.41, 5.74) is -0.736. The van der Waals surface area contributed by atoms with Crippen molar-refractivity contribution in [2.75, 3.05) is 0 Å². The molecule has 0 saturated heterocycles. The van der Waals surface area contributed by atoms with Crippen LogP contribution < -0.4 is 0 Å². The van der Waals surface area contributed by atoms with Crippen LogP contribution in [0.15, 0.2) is 23.0 Å². The second-order valence-electron chi connectivity index (χ2n) is 8.88. The van der Waals surface area contributed by atoms with Crippen LogP contribution in [0.2, 0.25) is 0 Å². The van der Waals surface area contributed by atoms with Crippen LogP contribution in [0.25, 0.3) is 0 Å². The predicted molar refractivity (Wildman–Crippen MR) is 91.4 cm³/mol. The molecule has 2 aliphatic rings. The number of carbonyl (C=O) groups is 1. The molecule has 1 aromatic rings. The Morgan fingerprint density at radius 1 is 1.29 bits per heavy atom. The Bertz CT molecular complexity index is 605. The third-order valence-corrected chi connectivity index (χ3v) is 7.10. The number of Topliss-reactive ketones (excluding diaryl/α,β-unsaturated/α-hetero) is 1. The molecule has 0 unspecified atom stereocenters. The molecular weight excluding hydrogens is 304 g/mol. The van der Waals surface area contributed by atoms with E-state index < -0.39 is 23.0 Å². The summed E-state index contributed by atoms with van der Waals surface area (Å²) < 4.78 is 5.13. The Morgan fingerprint density at radius 2 is 2.00 bits per heavy atom. The van der Waals surface area contributed by atoms with Gasteiger partial charge in [-0.05, 0) is 42.7 Å². The molecule has 24 heavy (non-hydrogen) atoms. The maximum Gasteiger partial charge on any atom is 0.165 e. The zero-order valence-corrected chi connectivity index (χ0v) is 15.2. The highest BCUT2D eigenvalue weighted by Crippen LogP contribution is 2.62. The van der Waals surface area contributed by atoms with E-state index in [4.69, 9.17) is 4.42 Å². The summed E-state index contributed by atoms with van der Waals surface area (Å²) in [6.07, 6.45) is 6.24. The summed E-state index contributed by atoms with van der Waals surface area (Å²) in [7, 11) is 0. The zero-order valence-electron chi connectivity index (χ0n) is 15.2. The summed E-state index contributed by atoms with van der Waals surface area (Å²) >= 11 is 0. The van der Waals surface area contributed by atoms with Crippen LogP contribution in [0.1, 0.15) is 58.9 Å². The fourth-order valence-electron chi connectivity index (χ4n) is 5.71. The van der Waals surface area contributed by atoms with E-state index in [2.05, 4.69) is 20.8 Å². The molecule has 0 bridgehead atoms. The summed E-state index contributed by atoms with van der Waals surface area (Å²) in [4.78, 5) is 12.9. The fourth-order valence-corrected chi connectivity index (χ4v) is 5.71. The van der Waals surface area contributed by atoms with E-state index in [1.54, 1.807) is 12.5 Å². The van der Waals surface area contributed by atoms with E-state index in [0.717, 1.165) is 24.8 Å². The lowest BCUT2D eigenvalue weighted by Gasteiger charge is -2.63. The minimum atomic E-state index is -1.09. The number of aliphatic hydroxyl groups excluding tert-OH is 1. The van der Waals surface area contributed by atoms with Gasteiger partial charge in [-0.25, -0.2) is 0 Å². The number of hydrogen-bond acceptors (Lipinski definition) is 4. The Labute approximate surface area is 144 Å². The van der Waals surface area contributed by atoms with Crippen molar-refractivity contribution in [3.8, 4) is 0 Å². The largest absolute Gasteiger partial charge is 0.472 e. The number of ketones is 1. The van der Waals surface area contributed by atoms with Gasteiger partial charge in [-0.1, -0.05) is 34.1 Å². The van der Waals surface area contributed by atoms with E-state index in [1.807, 2.05) is 13.0 Å². The van der Waals surface area contributed by atoms with Gasteiger partial charge in [0, 0.05) is 17.3 Å². The van der Waals surface area contributed by atoms with Crippen LogP contribution >= 0.6 is 0 Å². The molecule has 134 valence electrons.